The lowest BCUT2D eigenvalue weighted by atomic mass is 10.3. The minimum atomic E-state index is -0.382. The van der Waals surface area contributed by atoms with Gasteiger partial charge < -0.3 is 10.4 Å². The number of nitrogens with zero attached hydrogens (tertiary/aromatic N) is 2. The molecule has 1 heterocycles. The van der Waals surface area contributed by atoms with Gasteiger partial charge in [-0.2, -0.15) is 0 Å². The van der Waals surface area contributed by atoms with Crippen LogP contribution in [-0.2, 0) is 0 Å². The predicted octanol–water partition coefficient (Wildman–Crippen LogP) is 1.68. The van der Waals surface area contributed by atoms with Crippen molar-refractivity contribution in [2.24, 2.45) is 0 Å². The first kappa shape index (κ1) is 14.1. The summed E-state index contributed by atoms with van der Waals surface area (Å²) < 4.78 is 1.71. The molecule has 6 nitrogen and oxygen atoms in total. The van der Waals surface area contributed by atoms with Crippen LogP contribution in [-0.4, -0.2) is 33.6 Å². The van der Waals surface area contributed by atoms with Crippen LogP contribution < -0.4 is 10.6 Å². The molecule has 2 amide bonds. The number of rotatable bonds is 4. The Kier molecular flexibility index (Phi) is 4.37. The predicted molar refractivity (Wildman–Crippen MR) is 77.0 cm³/mol. The molecule has 1 aromatic heterocycles. The number of anilines is 1. The van der Waals surface area contributed by atoms with Crippen molar-refractivity contribution in [2.75, 3.05) is 11.9 Å². The molecular weight excluding hydrogens is 256 g/mol. The van der Waals surface area contributed by atoms with Crippen molar-refractivity contribution in [1.29, 1.82) is 0 Å². The minimum Gasteiger partial charge on any atom is -0.394 e. The molecule has 6 heteroatoms. The van der Waals surface area contributed by atoms with Gasteiger partial charge in [-0.05, 0) is 26.0 Å². The van der Waals surface area contributed by atoms with E-state index < -0.39 is 0 Å². The number of aliphatic hydroxyl groups is 1. The third-order valence-corrected chi connectivity index (χ3v) is 2.80. The third-order valence-electron chi connectivity index (χ3n) is 2.80. The van der Waals surface area contributed by atoms with Crippen molar-refractivity contribution in [2.45, 2.75) is 19.9 Å². The fourth-order valence-corrected chi connectivity index (χ4v) is 1.71. The largest absolute Gasteiger partial charge is 0.394 e. The van der Waals surface area contributed by atoms with Gasteiger partial charge in [0.1, 0.15) is 0 Å². The van der Waals surface area contributed by atoms with E-state index in [0.717, 1.165) is 11.3 Å². The molecule has 20 heavy (non-hydrogen) atoms. The molecule has 2 rings (SSSR count). The molecule has 1 atom stereocenters. The summed E-state index contributed by atoms with van der Waals surface area (Å²) in [5.74, 6) is 0.497. The molecule has 0 saturated carbocycles. The zero-order valence-corrected chi connectivity index (χ0v) is 11.5. The van der Waals surface area contributed by atoms with Gasteiger partial charge in [-0.3, -0.25) is 5.32 Å². The summed E-state index contributed by atoms with van der Waals surface area (Å²) in [4.78, 5) is 11.7. The summed E-state index contributed by atoms with van der Waals surface area (Å²) in [6, 6.07) is 8.97. The molecule has 0 radical (unpaired) electrons. The summed E-state index contributed by atoms with van der Waals surface area (Å²) in [5, 5.41) is 18.5. The number of benzene rings is 1. The Morgan fingerprint density at radius 1 is 1.40 bits per heavy atom. The number of urea groups is 1. The van der Waals surface area contributed by atoms with E-state index in [1.54, 1.807) is 11.6 Å². The Morgan fingerprint density at radius 3 is 2.75 bits per heavy atom. The zero-order chi connectivity index (χ0) is 14.5. The van der Waals surface area contributed by atoms with Gasteiger partial charge in [-0.15, -0.1) is 5.10 Å². The lowest BCUT2D eigenvalue weighted by Crippen LogP contribution is -2.38. The van der Waals surface area contributed by atoms with Gasteiger partial charge in [0.05, 0.1) is 18.3 Å². The quantitative estimate of drug-likeness (QED) is 0.793. The molecule has 2 aromatic rings. The van der Waals surface area contributed by atoms with E-state index in [9.17, 15) is 4.79 Å². The number of para-hydroxylation sites is 1. The molecule has 3 N–H and O–H groups in total. The van der Waals surface area contributed by atoms with Crippen molar-refractivity contribution >= 4 is 11.8 Å². The van der Waals surface area contributed by atoms with Crippen molar-refractivity contribution in [3.05, 3.63) is 42.1 Å². The smallest absolute Gasteiger partial charge is 0.320 e. The molecule has 0 aliphatic heterocycles. The van der Waals surface area contributed by atoms with Crippen LogP contribution in [0.15, 0.2) is 36.5 Å². The van der Waals surface area contributed by atoms with E-state index in [0.29, 0.717) is 5.82 Å². The van der Waals surface area contributed by atoms with Gasteiger partial charge >= 0.3 is 6.03 Å². The number of aromatic nitrogens is 2. The van der Waals surface area contributed by atoms with Gasteiger partial charge in [0.25, 0.3) is 0 Å². The molecule has 0 spiro atoms. The zero-order valence-electron chi connectivity index (χ0n) is 11.5. The van der Waals surface area contributed by atoms with Crippen LogP contribution in [0.1, 0.15) is 12.5 Å². The average Bonchev–Trinajstić information content (AvgIpc) is 2.81. The maximum atomic E-state index is 11.7. The van der Waals surface area contributed by atoms with Crippen molar-refractivity contribution in [3.63, 3.8) is 0 Å². The van der Waals surface area contributed by atoms with Gasteiger partial charge in [-0.1, -0.05) is 18.2 Å². The summed E-state index contributed by atoms with van der Waals surface area (Å²) in [7, 11) is 0. The highest BCUT2D eigenvalue weighted by molar-refractivity contribution is 5.89. The van der Waals surface area contributed by atoms with Crippen LogP contribution in [0.3, 0.4) is 0 Å². The third kappa shape index (κ3) is 3.36. The summed E-state index contributed by atoms with van der Waals surface area (Å²) in [5.41, 5.74) is 1.79. The van der Waals surface area contributed by atoms with E-state index >= 15 is 0 Å². The highest BCUT2D eigenvalue weighted by Gasteiger charge is 2.11. The normalized spacial score (nSPS) is 11.9. The van der Waals surface area contributed by atoms with Crippen LogP contribution in [0, 0.1) is 6.92 Å². The second-order valence-corrected chi connectivity index (χ2v) is 4.62. The fraction of sp³-hybridized carbons (Fsp3) is 0.286. The number of carbonyl (C=O) groups is 1. The summed E-state index contributed by atoms with van der Waals surface area (Å²) in [6.07, 6.45) is 1.85. The van der Waals surface area contributed by atoms with Crippen LogP contribution in [0.25, 0.3) is 5.69 Å². The van der Waals surface area contributed by atoms with Crippen LogP contribution >= 0.6 is 0 Å². The Morgan fingerprint density at radius 2 is 2.10 bits per heavy atom. The number of nitrogens with one attached hydrogen (secondary N) is 2. The Bertz CT molecular complexity index is 580. The number of aryl methyl sites for hydroxylation is 1. The topological polar surface area (TPSA) is 79.2 Å². The Labute approximate surface area is 117 Å². The van der Waals surface area contributed by atoms with Gasteiger partial charge in [0, 0.05) is 11.8 Å². The second kappa shape index (κ2) is 6.21. The summed E-state index contributed by atoms with van der Waals surface area (Å²) >= 11 is 0. The molecule has 1 unspecified atom stereocenters. The van der Waals surface area contributed by atoms with Crippen LogP contribution in [0.5, 0.6) is 0 Å². The lowest BCUT2D eigenvalue weighted by molar-refractivity contribution is 0.229. The van der Waals surface area contributed by atoms with E-state index in [4.69, 9.17) is 5.11 Å². The van der Waals surface area contributed by atoms with E-state index in [1.165, 1.54) is 0 Å². The first-order valence-electron chi connectivity index (χ1n) is 6.40. The van der Waals surface area contributed by atoms with E-state index in [-0.39, 0.29) is 18.7 Å². The average molecular weight is 274 g/mol. The molecule has 0 saturated heterocycles. The van der Waals surface area contributed by atoms with Crippen LogP contribution in [0.2, 0.25) is 0 Å². The molecule has 0 bridgehead atoms. The molecule has 1 aromatic carbocycles. The summed E-state index contributed by atoms with van der Waals surface area (Å²) in [6.45, 7) is 3.48. The Hall–Kier alpha value is -2.34. The molecule has 0 aliphatic carbocycles. The maximum absolute atomic E-state index is 11.7. The number of amides is 2. The highest BCUT2D eigenvalue weighted by Crippen LogP contribution is 2.15. The van der Waals surface area contributed by atoms with E-state index in [2.05, 4.69) is 15.7 Å². The first-order chi connectivity index (χ1) is 9.60. The van der Waals surface area contributed by atoms with Gasteiger partial charge in [0.2, 0.25) is 0 Å². The van der Waals surface area contributed by atoms with Gasteiger partial charge in [-0.25, -0.2) is 9.48 Å². The standard InChI is InChI=1S/C14H18N4O2/c1-10-8-18(12-6-4-3-5-7-12)17-13(10)16-14(20)15-11(2)9-19/h3-8,11,19H,9H2,1-2H3,(H2,15,16,17,20). The van der Waals surface area contributed by atoms with Crippen LogP contribution in [0.4, 0.5) is 10.6 Å². The molecule has 0 fully saturated rings. The number of hydrogen-bond acceptors (Lipinski definition) is 3. The number of carbonyl (C=O) groups excluding carboxylic acids is 1. The van der Waals surface area contributed by atoms with Crippen molar-refractivity contribution < 1.29 is 9.90 Å². The number of hydrogen-bond donors (Lipinski definition) is 3. The molecular formula is C14H18N4O2. The number of aliphatic hydroxyl groups excluding tert-OH is 1. The maximum Gasteiger partial charge on any atom is 0.320 e. The lowest BCUT2D eigenvalue weighted by Gasteiger charge is -2.10. The second-order valence-electron chi connectivity index (χ2n) is 4.62. The Balaban J connectivity index is 2.10. The highest BCUT2D eigenvalue weighted by atomic mass is 16.3. The van der Waals surface area contributed by atoms with Gasteiger partial charge in [0.15, 0.2) is 5.82 Å². The minimum absolute atomic E-state index is 0.106. The SMILES string of the molecule is Cc1cn(-c2ccccc2)nc1NC(=O)NC(C)CO. The first-order valence-corrected chi connectivity index (χ1v) is 6.40. The molecule has 0 aliphatic rings. The van der Waals surface area contributed by atoms with Crippen molar-refractivity contribution in [1.82, 2.24) is 15.1 Å². The van der Waals surface area contributed by atoms with Crippen molar-refractivity contribution in [3.8, 4) is 5.69 Å². The monoisotopic (exact) mass is 274 g/mol. The molecule has 106 valence electrons. The fourth-order valence-electron chi connectivity index (χ4n) is 1.71. The van der Waals surface area contributed by atoms with E-state index in [1.807, 2.05) is 43.5 Å².